The predicted molar refractivity (Wildman–Crippen MR) is 59.0 cm³/mol. The van der Waals surface area contributed by atoms with Gasteiger partial charge in [-0.15, -0.1) is 0 Å². The number of hydrogen-bond acceptors (Lipinski definition) is 2. The molecule has 0 radical (unpaired) electrons. The Kier molecular flexibility index (Phi) is 2.95. The maximum Gasteiger partial charge on any atom is 0.0695 e. The van der Waals surface area contributed by atoms with Crippen molar-refractivity contribution in [2.75, 3.05) is 5.73 Å². The Balaban J connectivity index is 3.40. The monoisotopic (exact) mass is 277 g/mol. The molecule has 1 aromatic carbocycles. The smallest absolute Gasteiger partial charge is 0.0695 e. The van der Waals surface area contributed by atoms with Gasteiger partial charge in [0, 0.05) is 9.26 Å². The minimum atomic E-state index is 0.0641. The summed E-state index contributed by atoms with van der Waals surface area (Å²) in [6, 6.07) is 1.99. The third-order valence-electron chi connectivity index (χ3n) is 2.07. The van der Waals surface area contributed by atoms with Crippen LogP contribution in [0, 0.1) is 17.4 Å². The Labute approximate surface area is 85.9 Å². The zero-order valence-corrected chi connectivity index (χ0v) is 9.34. The average Bonchev–Trinajstić information content (AvgIpc) is 2.01. The molecule has 0 unspecified atom stereocenters. The first-order chi connectivity index (χ1) is 5.57. The van der Waals surface area contributed by atoms with Gasteiger partial charge in [-0.3, -0.25) is 0 Å². The molecular formula is C9H12INO. The molecule has 0 heterocycles. The molecule has 0 aliphatic carbocycles. The maximum absolute atomic E-state index is 9.05. The van der Waals surface area contributed by atoms with Gasteiger partial charge >= 0.3 is 0 Å². The van der Waals surface area contributed by atoms with E-state index >= 15 is 0 Å². The van der Waals surface area contributed by atoms with E-state index in [0.29, 0.717) is 0 Å². The number of nitrogen functional groups attached to an aromatic ring is 1. The molecule has 0 saturated carbocycles. The Morgan fingerprint density at radius 1 is 1.50 bits per heavy atom. The lowest BCUT2D eigenvalue weighted by molar-refractivity contribution is 0.280. The standard InChI is InChI=1S/C9H12INO/c1-5-3-8(10)7(4-12)6(2)9(5)11/h3,12H,4,11H2,1-2H3. The van der Waals surface area contributed by atoms with E-state index in [-0.39, 0.29) is 6.61 Å². The van der Waals surface area contributed by atoms with Crippen molar-refractivity contribution < 1.29 is 5.11 Å². The van der Waals surface area contributed by atoms with Crippen molar-refractivity contribution in [3.8, 4) is 0 Å². The molecular weight excluding hydrogens is 265 g/mol. The fourth-order valence-corrected chi connectivity index (χ4v) is 2.23. The number of hydrogen-bond donors (Lipinski definition) is 2. The fourth-order valence-electron chi connectivity index (χ4n) is 1.19. The summed E-state index contributed by atoms with van der Waals surface area (Å²) in [5.74, 6) is 0. The number of aliphatic hydroxyl groups is 1. The largest absolute Gasteiger partial charge is 0.398 e. The van der Waals surface area contributed by atoms with E-state index in [1.807, 2.05) is 19.9 Å². The zero-order valence-electron chi connectivity index (χ0n) is 7.19. The highest BCUT2D eigenvalue weighted by Gasteiger charge is 2.07. The predicted octanol–water partition coefficient (Wildman–Crippen LogP) is 1.98. The van der Waals surface area contributed by atoms with E-state index in [1.54, 1.807) is 0 Å². The van der Waals surface area contributed by atoms with Crippen molar-refractivity contribution in [3.63, 3.8) is 0 Å². The van der Waals surface area contributed by atoms with E-state index in [2.05, 4.69) is 22.6 Å². The average molecular weight is 277 g/mol. The quantitative estimate of drug-likeness (QED) is 0.609. The molecule has 1 aromatic rings. The summed E-state index contributed by atoms with van der Waals surface area (Å²) in [5.41, 5.74) is 9.63. The zero-order chi connectivity index (χ0) is 9.30. The molecule has 0 bridgehead atoms. The van der Waals surface area contributed by atoms with Gasteiger partial charge in [0.15, 0.2) is 0 Å². The van der Waals surface area contributed by atoms with Crippen molar-refractivity contribution in [1.29, 1.82) is 0 Å². The van der Waals surface area contributed by atoms with Crippen LogP contribution in [-0.4, -0.2) is 5.11 Å². The normalized spacial score (nSPS) is 10.3. The highest BCUT2D eigenvalue weighted by atomic mass is 127. The SMILES string of the molecule is Cc1cc(I)c(CO)c(C)c1N. The Bertz CT molecular complexity index is 310. The summed E-state index contributed by atoms with van der Waals surface area (Å²) in [4.78, 5) is 0. The number of halogens is 1. The van der Waals surface area contributed by atoms with Gasteiger partial charge in [0.1, 0.15) is 0 Å². The third-order valence-corrected chi connectivity index (χ3v) is 3.03. The molecule has 0 spiro atoms. The van der Waals surface area contributed by atoms with E-state index in [0.717, 1.165) is 25.9 Å². The van der Waals surface area contributed by atoms with Crippen LogP contribution in [0.5, 0.6) is 0 Å². The van der Waals surface area contributed by atoms with Gasteiger partial charge in [0.2, 0.25) is 0 Å². The van der Waals surface area contributed by atoms with E-state index in [4.69, 9.17) is 10.8 Å². The Morgan fingerprint density at radius 2 is 2.08 bits per heavy atom. The maximum atomic E-state index is 9.05. The van der Waals surface area contributed by atoms with E-state index < -0.39 is 0 Å². The molecule has 0 fully saturated rings. The molecule has 0 atom stereocenters. The van der Waals surface area contributed by atoms with Gasteiger partial charge in [0.05, 0.1) is 6.61 Å². The van der Waals surface area contributed by atoms with Crippen LogP contribution in [0.4, 0.5) is 5.69 Å². The minimum Gasteiger partial charge on any atom is -0.398 e. The lowest BCUT2D eigenvalue weighted by atomic mass is 10.0. The first-order valence-corrected chi connectivity index (χ1v) is 4.80. The molecule has 3 heteroatoms. The van der Waals surface area contributed by atoms with E-state index in [1.165, 1.54) is 0 Å². The summed E-state index contributed by atoms with van der Waals surface area (Å²) >= 11 is 2.21. The molecule has 1 rings (SSSR count). The summed E-state index contributed by atoms with van der Waals surface area (Å²) < 4.78 is 1.08. The van der Waals surface area contributed by atoms with Crippen molar-refractivity contribution in [3.05, 3.63) is 26.3 Å². The summed E-state index contributed by atoms with van der Waals surface area (Å²) in [7, 11) is 0. The van der Waals surface area contributed by atoms with Gasteiger partial charge in [-0.25, -0.2) is 0 Å². The van der Waals surface area contributed by atoms with Crippen LogP contribution in [0.25, 0.3) is 0 Å². The number of anilines is 1. The molecule has 66 valence electrons. The second-order valence-electron chi connectivity index (χ2n) is 2.85. The van der Waals surface area contributed by atoms with Gasteiger partial charge in [-0.2, -0.15) is 0 Å². The van der Waals surface area contributed by atoms with Crippen LogP contribution in [0.1, 0.15) is 16.7 Å². The first kappa shape index (κ1) is 9.80. The molecule has 3 N–H and O–H groups in total. The highest BCUT2D eigenvalue weighted by molar-refractivity contribution is 14.1. The molecule has 0 amide bonds. The van der Waals surface area contributed by atoms with Crippen molar-refractivity contribution in [1.82, 2.24) is 0 Å². The Hall–Kier alpha value is -0.290. The van der Waals surface area contributed by atoms with E-state index in [9.17, 15) is 0 Å². The molecule has 0 aliphatic rings. The lowest BCUT2D eigenvalue weighted by Crippen LogP contribution is -2.01. The molecule has 12 heavy (non-hydrogen) atoms. The van der Waals surface area contributed by atoms with Crippen LogP contribution in [0.2, 0.25) is 0 Å². The first-order valence-electron chi connectivity index (χ1n) is 3.72. The summed E-state index contributed by atoms with van der Waals surface area (Å²) in [5, 5.41) is 9.05. The minimum absolute atomic E-state index is 0.0641. The number of benzene rings is 1. The fraction of sp³-hybridized carbons (Fsp3) is 0.333. The van der Waals surface area contributed by atoms with Gasteiger partial charge in [-0.1, -0.05) is 0 Å². The van der Waals surface area contributed by atoms with Crippen molar-refractivity contribution in [2.24, 2.45) is 0 Å². The summed E-state index contributed by atoms with van der Waals surface area (Å²) in [6.07, 6.45) is 0. The second-order valence-corrected chi connectivity index (χ2v) is 4.01. The lowest BCUT2D eigenvalue weighted by Gasteiger charge is -2.11. The molecule has 0 aromatic heterocycles. The molecule has 0 saturated heterocycles. The number of aliphatic hydroxyl groups excluding tert-OH is 1. The molecule has 0 aliphatic heterocycles. The van der Waals surface area contributed by atoms with Crippen LogP contribution < -0.4 is 5.73 Å². The van der Waals surface area contributed by atoms with Crippen molar-refractivity contribution in [2.45, 2.75) is 20.5 Å². The number of nitrogens with two attached hydrogens (primary N) is 1. The number of aryl methyl sites for hydroxylation is 1. The van der Waals surface area contributed by atoms with Gasteiger partial charge in [-0.05, 0) is 59.2 Å². The van der Waals surface area contributed by atoms with Crippen LogP contribution >= 0.6 is 22.6 Å². The second kappa shape index (κ2) is 3.62. The van der Waals surface area contributed by atoms with Crippen LogP contribution in [0.3, 0.4) is 0 Å². The Morgan fingerprint density at radius 3 is 2.58 bits per heavy atom. The van der Waals surface area contributed by atoms with Crippen molar-refractivity contribution >= 4 is 28.3 Å². The molecule has 2 nitrogen and oxygen atoms in total. The van der Waals surface area contributed by atoms with Gasteiger partial charge in [0.25, 0.3) is 0 Å². The van der Waals surface area contributed by atoms with Gasteiger partial charge < -0.3 is 10.8 Å². The highest BCUT2D eigenvalue weighted by Crippen LogP contribution is 2.25. The van der Waals surface area contributed by atoms with Crippen LogP contribution in [-0.2, 0) is 6.61 Å². The third kappa shape index (κ3) is 1.56. The topological polar surface area (TPSA) is 46.2 Å². The van der Waals surface area contributed by atoms with Crippen LogP contribution in [0.15, 0.2) is 6.07 Å². The summed E-state index contributed by atoms with van der Waals surface area (Å²) in [6.45, 7) is 3.98. The number of rotatable bonds is 1.